The first kappa shape index (κ1) is 6.33. The minimum atomic E-state index is -0.0556. The molecular formula is C7H11NO. The first-order valence-corrected chi connectivity index (χ1v) is 2.96. The van der Waals surface area contributed by atoms with E-state index in [0.29, 0.717) is 0 Å². The molecule has 0 unspecified atom stereocenters. The number of allylic oxidation sites excluding steroid dienone is 1. The third-order valence-electron chi connectivity index (χ3n) is 1.89. The number of hydrogen-bond acceptors (Lipinski definition) is 2. The molecule has 9 heavy (non-hydrogen) atoms. The summed E-state index contributed by atoms with van der Waals surface area (Å²) < 4.78 is 0. The fourth-order valence-corrected chi connectivity index (χ4v) is 0.554. The van der Waals surface area contributed by atoms with Crippen molar-refractivity contribution in [3.63, 3.8) is 0 Å². The van der Waals surface area contributed by atoms with Gasteiger partial charge in [0.1, 0.15) is 5.76 Å². The number of hydrogen-bond donors (Lipinski definition) is 0. The second-order valence-corrected chi connectivity index (χ2v) is 2.82. The van der Waals surface area contributed by atoms with Gasteiger partial charge in [0.05, 0.1) is 11.1 Å². The van der Waals surface area contributed by atoms with Crippen LogP contribution in [0.15, 0.2) is 17.5 Å². The molecule has 0 aliphatic carbocycles. The van der Waals surface area contributed by atoms with Crippen molar-refractivity contribution in [2.24, 2.45) is 10.6 Å². The van der Waals surface area contributed by atoms with Gasteiger partial charge >= 0.3 is 0 Å². The smallest absolute Gasteiger partial charge is 0.139 e. The normalized spacial score (nSPS) is 23.4. The lowest BCUT2D eigenvalue weighted by Crippen LogP contribution is -2.18. The molecule has 0 amide bonds. The highest BCUT2D eigenvalue weighted by atomic mass is 16.6. The van der Waals surface area contributed by atoms with Crippen LogP contribution in [0.25, 0.3) is 0 Å². The summed E-state index contributed by atoms with van der Waals surface area (Å²) in [4.78, 5) is 4.87. The molecule has 2 heteroatoms. The largest absolute Gasteiger partial charge is 0.361 e. The van der Waals surface area contributed by atoms with E-state index in [2.05, 4.69) is 11.7 Å². The standard InChI is InChI=1S/C7H11NO/c1-5-7(3,4)6(2)9-8-5/h2H2,1,3-4H3. The van der Waals surface area contributed by atoms with E-state index in [1.54, 1.807) is 0 Å². The molecule has 0 aromatic rings. The van der Waals surface area contributed by atoms with Gasteiger partial charge in [0, 0.05) is 0 Å². The van der Waals surface area contributed by atoms with Crippen molar-refractivity contribution in [3.05, 3.63) is 12.3 Å². The molecule has 0 saturated heterocycles. The molecule has 50 valence electrons. The molecule has 0 spiro atoms. The Labute approximate surface area is 55.2 Å². The fourth-order valence-electron chi connectivity index (χ4n) is 0.554. The Kier molecular flexibility index (Phi) is 1.12. The predicted octanol–water partition coefficient (Wildman–Crippen LogP) is 1.93. The third kappa shape index (κ3) is 0.745. The Morgan fingerprint density at radius 2 is 2.11 bits per heavy atom. The van der Waals surface area contributed by atoms with Gasteiger partial charge in [-0.05, 0) is 20.8 Å². The van der Waals surface area contributed by atoms with Crippen molar-refractivity contribution in [1.29, 1.82) is 0 Å². The molecule has 1 heterocycles. The summed E-state index contributed by atoms with van der Waals surface area (Å²) in [5.74, 6) is 0.736. The molecule has 0 atom stereocenters. The quantitative estimate of drug-likeness (QED) is 0.484. The maximum Gasteiger partial charge on any atom is 0.139 e. The Morgan fingerprint density at radius 3 is 2.22 bits per heavy atom. The molecule has 1 rings (SSSR count). The summed E-state index contributed by atoms with van der Waals surface area (Å²) in [5, 5.41) is 3.79. The van der Waals surface area contributed by atoms with E-state index in [4.69, 9.17) is 4.84 Å². The highest BCUT2D eigenvalue weighted by Gasteiger charge is 2.32. The minimum Gasteiger partial charge on any atom is -0.361 e. The second kappa shape index (κ2) is 1.59. The number of rotatable bonds is 0. The summed E-state index contributed by atoms with van der Waals surface area (Å²) in [5.41, 5.74) is 0.938. The van der Waals surface area contributed by atoms with Crippen molar-refractivity contribution in [2.75, 3.05) is 0 Å². The fraction of sp³-hybridized carbons (Fsp3) is 0.571. The predicted molar refractivity (Wildman–Crippen MR) is 37.1 cm³/mol. The zero-order valence-electron chi connectivity index (χ0n) is 6.06. The van der Waals surface area contributed by atoms with Crippen molar-refractivity contribution in [2.45, 2.75) is 20.8 Å². The summed E-state index contributed by atoms with van der Waals surface area (Å²) in [7, 11) is 0. The third-order valence-corrected chi connectivity index (χ3v) is 1.89. The van der Waals surface area contributed by atoms with Crippen LogP contribution in [0.4, 0.5) is 0 Å². The molecule has 0 aromatic heterocycles. The molecule has 0 saturated carbocycles. The summed E-state index contributed by atoms with van der Waals surface area (Å²) in [6.07, 6.45) is 0. The van der Waals surface area contributed by atoms with Gasteiger partial charge < -0.3 is 4.84 Å². The van der Waals surface area contributed by atoms with Gasteiger partial charge in [-0.1, -0.05) is 11.7 Å². The zero-order chi connectivity index (χ0) is 7.07. The molecule has 1 aliphatic heterocycles. The lowest BCUT2D eigenvalue weighted by atomic mass is 9.87. The number of oxime groups is 1. The van der Waals surface area contributed by atoms with Crippen LogP contribution in [-0.2, 0) is 4.84 Å². The van der Waals surface area contributed by atoms with Crippen LogP contribution < -0.4 is 0 Å². The Morgan fingerprint density at radius 1 is 1.56 bits per heavy atom. The SMILES string of the molecule is C=C1ON=C(C)C1(C)C. The Balaban J connectivity index is 2.93. The van der Waals surface area contributed by atoms with E-state index >= 15 is 0 Å². The molecule has 0 aromatic carbocycles. The topological polar surface area (TPSA) is 21.6 Å². The van der Waals surface area contributed by atoms with Gasteiger partial charge in [0.25, 0.3) is 0 Å². The molecule has 0 bridgehead atoms. The van der Waals surface area contributed by atoms with Gasteiger partial charge in [-0.2, -0.15) is 0 Å². The second-order valence-electron chi connectivity index (χ2n) is 2.82. The van der Waals surface area contributed by atoms with Crippen LogP contribution in [0.1, 0.15) is 20.8 Å². The molecule has 0 N–H and O–H groups in total. The molecule has 0 radical (unpaired) electrons. The molecular weight excluding hydrogens is 114 g/mol. The maximum absolute atomic E-state index is 4.87. The Bertz CT molecular complexity index is 179. The zero-order valence-corrected chi connectivity index (χ0v) is 6.06. The van der Waals surface area contributed by atoms with Crippen molar-refractivity contribution in [3.8, 4) is 0 Å². The van der Waals surface area contributed by atoms with Gasteiger partial charge in [0.2, 0.25) is 0 Å². The van der Waals surface area contributed by atoms with Crippen LogP contribution in [0.5, 0.6) is 0 Å². The van der Waals surface area contributed by atoms with E-state index in [1.165, 1.54) is 0 Å². The molecule has 1 aliphatic rings. The first-order chi connectivity index (χ1) is 4.05. The highest BCUT2D eigenvalue weighted by Crippen LogP contribution is 2.32. The van der Waals surface area contributed by atoms with E-state index in [-0.39, 0.29) is 5.41 Å². The first-order valence-electron chi connectivity index (χ1n) is 2.96. The van der Waals surface area contributed by atoms with Gasteiger partial charge in [0.15, 0.2) is 0 Å². The van der Waals surface area contributed by atoms with Crippen LogP contribution in [0.3, 0.4) is 0 Å². The summed E-state index contributed by atoms with van der Waals surface area (Å²) >= 11 is 0. The van der Waals surface area contributed by atoms with E-state index < -0.39 is 0 Å². The highest BCUT2D eigenvalue weighted by molar-refractivity contribution is 5.90. The summed E-state index contributed by atoms with van der Waals surface area (Å²) in [6, 6.07) is 0. The average molecular weight is 125 g/mol. The van der Waals surface area contributed by atoms with Gasteiger partial charge in [-0.25, -0.2) is 0 Å². The van der Waals surface area contributed by atoms with Crippen LogP contribution in [0, 0.1) is 5.41 Å². The number of nitrogens with zero attached hydrogens (tertiary/aromatic N) is 1. The van der Waals surface area contributed by atoms with Crippen molar-refractivity contribution >= 4 is 5.71 Å². The lowest BCUT2D eigenvalue weighted by molar-refractivity contribution is 0.217. The van der Waals surface area contributed by atoms with Crippen LogP contribution in [0.2, 0.25) is 0 Å². The Hall–Kier alpha value is -0.790. The average Bonchev–Trinajstić information content (AvgIpc) is 1.96. The van der Waals surface area contributed by atoms with Gasteiger partial charge in [-0.3, -0.25) is 0 Å². The van der Waals surface area contributed by atoms with Crippen LogP contribution >= 0.6 is 0 Å². The van der Waals surface area contributed by atoms with E-state index in [0.717, 1.165) is 11.5 Å². The lowest BCUT2D eigenvalue weighted by Gasteiger charge is -2.14. The maximum atomic E-state index is 4.87. The monoisotopic (exact) mass is 125 g/mol. The molecule has 0 fully saturated rings. The minimum absolute atomic E-state index is 0.0556. The van der Waals surface area contributed by atoms with E-state index in [9.17, 15) is 0 Å². The van der Waals surface area contributed by atoms with Crippen molar-refractivity contribution in [1.82, 2.24) is 0 Å². The van der Waals surface area contributed by atoms with E-state index in [1.807, 2.05) is 20.8 Å². The van der Waals surface area contributed by atoms with Gasteiger partial charge in [-0.15, -0.1) is 0 Å². The molecule has 2 nitrogen and oxygen atoms in total. The summed E-state index contributed by atoms with van der Waals surface area (Å²) in [6.45, 7) is 9.75. The van der Waals surface area contributed by atoms with Crippen LogP contribution in [-0.4, -0.2) is 5.71 Å². The van der Waals surface area contributed by atoms with Crippen molar-refractivity contribution < 1.29 is 4.84 Å².